The zero-order chi connectivity index (χ0) is 15.8. The number of carbonyl (C=O) groups is 1. The molecule has 0 atom stereocenters. The first-order chi connectivity index (χ1) is 10.7. The van der Waals surface area contributed by atoms with Crippen LogP contribution in [0.1, 0.15) is 64.2 Å². The fraction of sp³-hybridized carbons (Fsp3) is 0.944. The van der Waals surface area contributed by atoms with Crippen molar-refractivity contribution in [3.05, 3.63) is 0 Å². The molecule has 0 bridgehead atoms. The molecule has 0 unspecified atom stereocenters. The molecule has 0 radical (unpaired) electrons. The van der Waals surface area contributed by atoms with Crippen molar-refractivity contribution in [3.8, 4) is 0 Å². The van der Waals surface area contributed by atoms with E-state index in [-0.39, 0.29) is 5.92 Å². The average molecular weight is 327 g/mol. The SMILES string of the molecule is COCCCCCC1CCC([SiH]2CCC(C(=O)O)CC2)CC1. The van der Waals surface area contributed by atoms with Gasteiger partial charge in [0.05, 0.1) is 5.92 Å². The molecule has 1 N–H and O–H groups in total. The van der Waals surface area contributed by atoms with Crippen molar-refractivity contribution in [3.63, 3.8) is 0 Å². The van der Waals surface area contributed by atoms with Crippen LogP contribution in [-0.4, -0.2) is 33.6 Å². The van der Waals surface area contributed by atoms with Crippen LogP contribution in [0.15, 0.2) is 0 Å². The summed E-state index contributed by atoms with van der Waals surface area (Å²) in [7, 11) is 1.15. The van der Waals surface area contributed by atoms with E-state index in [0.717, 1.165) is 30.9 Å². The average Bonchev–Trinajstić information content (AvgIpc) is 2.55. The third kappa shape index (κ3) is 5.69. The summed E-state index contributed by atoms with van der Waals surface area (Å²) in [5.74, 6) is 0.403. The number of carboxylic acid groups (broad SMARTS) is 1. The number of aliphatic carboxylic acids is 1. The number of ether oxygens (including phenoxy) is 1. The van der Waals surface area contributed by atoms with E-state index in [1.165, 1.54) is 63.5 Å². The number of unbranched alkanes of at least 4 members (excludes halogenated alkanes) is 2. The Kier molecular flexibility index (Phi) is 7.94. The molecule has 1 saturated heterocycles. The van der Waals surface area contributed by atoms with E-state index >= 15 is 0 Å². The highest BCUT2D eigenvalue weighted by atomic mass is 28.3. The Bertz CT molecular complexity index is 318. The predicted molar refractivity (Wildman–Crippen MR) is 93.2 cm³/mol. The summed E-state index contributed by atoms with van der Waals surface area (Å²) >= 11 is 0. The lowest BCUT2D eigenvalue weighted by Crippen LogP contribution is -2.31. The Morgan fingerprint density at radius 3 is 2.32 bits per heavy atom. The van der Waals surface area contributed by atoms with Crippen LogP contribution in [0.4, 0.5) is 0 Å². The van der Waals surface area contributed by atoms with Gasteiger partial charge in [0.1, 0.15) is 0 Å². The van der Waals surface area contributed by atoms with Crippen LogP contribution in [0.2, 0.25) is 17.6 Å². The number of rotatable bonds is 8. The number of hydrogen-bond donors (Lipinski definition) is 1. The van der Waals surface area contributed by atoms with Crippen molar-refractivity contribution in [2.24, 2.45) is 11.8 Å². The molecule has 0 spiro atoms. The molecule has 1 heterocycles. The molecule has 1 aliphatic carbocycles. The standard InChI is InChI=1S/C18H34O3Si/c1-21-12-4-2-3-5-15-6-8-17(9-7-15)22-13-10-16(11-14-22)18(19)20/h15-17,22H,2-14H2,1H3,(H,19,20). The second-order valence-electron chi connectivity index (χ2n) is 7.57. The number of hydrogen-bond acceptors (Lipinski definition) is 2. The first-order valence-corrected chi connectivity index (χ1v) is 11.7. The monoisotopic (exact) mass is 326 g/mol. The first kappa shape index (κ1) is 18.0. The lowest BCUT2D eigenvalue weighted by molar-refractivity contribution is -0.142. The van der Waals surface area contributed by atoms with E-state index in [1.807, 2.05) is 0 Å². The van der Waals surface area contributed by atoms with Crippen molar-refractivity contribution in [1.29, 1.82) is 0 Å². The topological polar surface area (TPSA) is 46.5 Å². The number of methoxy groups -OCH3 is 1. The van der Waals surface area contributed by atoms with Crippen molar-refractivity contribution < 1.29 is 14.6 Å². The van der Waals surface area contributed by atoms with Crippen LogP contribution < -0.4 is 0 Å². The maximum absolute atomic E-state index is 11.1. The van der Waals surface area contributed by atoms with Gasteiger partial charge >= 0.3 is 5.97 Å². The highest BCUT2D eigenvalue weighted by Crippen LogP contribution is 2.42. The molecular formula is C18H34O3Si. The van der Waals surface area contributed by atoms with E-state index in [0.29, 0.717) is 0 Å². The van der Waals surface area contributed by atoms with Gasteiger partial charge in [-0.25, -0.2) is 0 Å². The van der Waals surface area contributed by atoms with Crippen LogP contribution in [0.25, 0.3) is 0 Å². The lowest BCUT2D eigenvalue weighted by atomic mass is 9.85. The van der Waals surface area contributed by atoms with Gasteiger partial charge in [-0.2, -0.15) is 0 Å². The van der Waals surface area contributed by atoms with Gasteiger partial charge < -0.3 is 9.84 Å². The Labute approximate surface area is 137 Å². The highest BCUT2D eigenvalue weighted by Gasteiger charge is 2.33. The minimum absolute atomic E-state index is 0.0211. The van der Waals surface area contributed by atoms with Crippen LogP contribution in [0, 0.1) is 11.8 Å². The van der Waals surface area contributed by atoms with E-state index in [2.05, 4.69) is 0 Å². The van der Waals surface area contributed by atoms with E-state index in [4.69, 9.17) is 9.84 Å². The summed E-state index contributed by atoms with van der Waals surface area (Å²) < 4.78 is 5.11. The molecule has 3 nitrogen and oxygen atoms in total. The molecule has 0 aromatic carbocycles. The molecular weight excluding hydrogens is 292 g/mol. The molecule has 1 saturated carbocycles. The maximum atomic E-state index is 11.1. The van der Waals surface area contributed by atoms with Crippen LogP contribution >= 0.6 is 0 Å². The van der Waals surface area contributed by atoms with Crippen LogP contribution in [0.5, 0.6) is 0 Å². The number of carboxylic acids is 1. The van der Waals surface area contributed by atoms with Crippen LogP contribution in [0.3, 0.4) is 0 Å². The molecule has 2 aliphatic rings. The van der Waals surface area contributed by atoms with Gasteiger partial charge in [0.25, 0.3) is 0 Å². The zero-order valence-corrected chi connectivity index (χ0v) is 15.4. The van der Waals surface area contributed by atoms with Gasteiger partial charge in [-0.1, -0.05) is 57.0 Å². The van der Waals surface area contributed by atoms with Gasteiger partial charge in [0.2, 0.25) is 0 Å². The van der Waals surface area contributed by atoms with Crippen LogP contribution in [-0.2, 0) is 9.53 Å². The third-order valence-electron chi connectivity index (χ3n) is 6.14. The first-order valence-electron chi connectivity index (χ1n) is 9.42. The molecule has 4 heteroatoms. The zero-order valence-electron chi connectivity index (χ0n) is 14.3. The molecule has 22 heavy (non-hydrogen) atoms. The maximum Gasteiger partial charge on any atom is 0.306 e. The van der Waals surface area contributed by atoms with Gasteiger partial charge in [0, 0.05) is 22.5 Å². The quantitative estimate of drug-likeness (QED) is 0.528. The largest absolute Gasteiger partial charge is 0.481 e. The Morgan fingerprint density at radius 2 is 1.73 bits per heavy atom. The normalized spacial score (nSPS) is 32.8. The Hall–Kier alpha value is -0.353. The van der Waals surface area contributed by atoms with E-state index < -0.39 is 14.8 Å². The molecule has 0 aromatic rings. The van der Waals surface area contributed by atoms with Crippen molar-refractivity contribution in [1.82, 2.24) is 0 Å². The molecule has 128 valence electrons. The summed E-state index contributed by atoms with van der Waals surface area (Å²) in [4.78, 5) is 11.1. The second-order valence-corrected chi connectivity index (χ2v) is 11.2. The van der Waals surface area contributed by atoms with E-state index in [9.17, 15) is 4.79 Å². The molecule has 2 fully saturated rings. The van der Waals surface area contributed by atoms with Gasteiger partial charge in [0.15, 0.2) is 0 Å². The smallest absolute Gasteiger partial charge is 0.306 e. The van der Waals surface area contributed by atoms with Crippen molar-refractivity contribution in [2.45, 2.75) is 81.8 Å². The predicted octanol–water partition coefficient (Wildman–Crippen LogP) is 4.48. The molecule has 0 aromatic heterocycles. The highest BCUT2D eigenvalue weighted by molar-refractivity contribution is 6.60. The fourth-order valence-electron chi connectivity index (χ4n) is 4.64. The summed E-state index contributed by atoms with van der Waals surface area (Å²) in [6.07, 6.45) is 13.1. The Balaban J connectivity index is 1.58. The Morgan fingerprint density at radius 1 is 1.05 bits per heavy atom. The molecule has 0 amide bonds. The van der Waals surface area contributed by atoms with Crippen molar-refractivity contribution >= 4 is 14.8 Å². The third-order valence-corrected chi connectivity index (χ3v) is 10.3. The molecule has 2 rings (SSSR count). The summed E-state index contributed by atoms with van der Waals surface area (Å²) in [6, 6.07) is 2.59. The lowest BCUT2D eigenvalue weighted by Gasteiger charge is -2.36. The summed E-state index contributed by atoms with van der Waals surface area (Å²) in [5, 5.41) is 9.11. The minimum Gasteiger partial charge on any atom is -0.481 e. The minimum atomic E-state index is -0.637. The van der Waals surface area contributed by atoms with Crippen molar-refractivity contribution in [2.75, 3.05) is 13.7 Å². The van der Waals surface area contributed by atoms with Gasteiger partial charge in [-0.15, -0.1) is 0 Å². The van der Waals surface area contributed by atoms with Gasteiger partial charge in [-0.3, -0.25) is 4.79 Å². The van der Waals surface area contributed by atoms with E-state index in [1.54, 1.807) is 7.11 Å². The fourth-order valence-corrected chi connectivity index (χ4v) is 8.86. The second kappa shape index (κ2) is 9.71. The summed E-state index contributed by atoms with van der Waals surface area (Å²) in [6.45, 7) is 0.914. The van der Waals surface area contributed by atoms with Gasteiger partial charge in [-0.05, 0) is 30.7 Å². The molecule has 1 aliphatic heterocycles. The summed E-state index contributed by atoms with van der Waals surface area (Å²) in [5.41, 5.74) is 1.03.